The first kappa shape index (κ1) is 23.5. The fraction of sp³-hybridized carbons (Fsp3) is 0.333. The van der Waals surface area contributed by atoms with Crippen molar-refractivity contribution in [3.05, 3.63) is 79.9 Å². The van der Waals surface area contributed by atoms with Crippen LogP contribution in [0.2, 0.25) is 5.02 Å². The van der Waals surface area contributed by atoms with Gasteiger partial charge in [0.2, 0.25) is 6.54 Å². The van der Waals surface area contributed by atoms with E-state index in [0.717, 1.165) is 28.0 Å². The lowest BCUT2D eigenvalue weighted by molar-refractivity contribution is -0.483. The summed E-state index contributed by atoms with van der Waals surface area (Å²) < 4.78 is 4.82. The van der Waals surface area contributed by atoms with Gasteiger partial charge in [0.1, 0.15) is 0 Å². The number of halogens is 1. The summed E-state index contributed by atoms with van der Waals surface area (Å²) in [6.07, 6.45) is 0.825. The lowest BCUT2D eigenvalue weighted by atomic mass is 9.86. The Morgan fingerprint density at radius 3 is 2.50 bits per heavy atom. The number of carbonyl (C=O) groups is 2. The number of nitro groups is 1. The number of carbonyl (C=O) groups excluding carboxylic acids is 2. The lowest BCUT2D eigenvalue weighted by Crippen LogP contribution is -2.33. The molecule has 168 valence electrons. The standard InChI is InChI=1S/C24H25ClN2O5/c1-4-5-17(12-18(14-26(30)31)16-8-6-15(2)7-9-16)22-20-13-19(25)10-11-21(20)27(23(22)28)24(29)32-3/h6-11,13,18H,4-5,12,14H2,1-3H3/b22-17-/t18-/m0/s1. The molecule has 2 aromatic rings. The van der Waals surface area contributed by atoms with E-state index >= 15 is 0 Å². The molecular weight excluding hydrogens is 432 g/mol. The second-order valence-corrected chi connectivity index (χ2v) is 8.26. The van der Waals surface area contributed by atoms with Gasteiger partial charge >= 0.3 is 6.09 Å². The molecule has 8 heteroatoms. The first-order valence-corrected chi connectivity index (χ1v) is 10.8. The van der Waals surface area contributed by atoms with Crippen LogP contribution in [0, 0.1) is 17.0 Å². The Bertz CT molecular complexity index is 1080. The zero-order valence-corrected chi connectivity index (χ0v) is 19.0. The highest BCUT2D eigenvalue weighted by molar-refractivity contribution is 6.40. The fourth-order valence-corrected chi connectivity index (χ4v) is 4.26. The molecule has 0 aliphatic carbocycles. The summed E-state index contributed by atoms with van der Waals surface area (Å²) in [5.74, 6) is -0.913. The number of benzene rings is 2. The molecule has 3 rings (SSSR count). The van der Waals surface area contributed by atoms with Crippen LogP contribution in [0.1, 0.15) is 48.8 Å². The minimum Gasteiger partial charge on any atom is -0.452 e. The van der Waals surface area contributed by atoms with Crippen molar-refractivity contribution < 1.29 is 19.2 Å². The maximum absolute atomic E-state index is 13.4. The molecule has 1 aliphatic heterocycles. The number of anilines is 1. The molecule has 1 heterocycles. The highest BCUT2D eigenvalue weighted by atomic mass is 35.5. The number of allylic oxidation sites excluding steroid dienone is 1. The van der Waals surface area contributed by atoms with Gasteiger partial charge in [-0.25, -0.2) is 9.69 Å². The number of imide groups is 1. The number of nitrogens with zero attached hydrogens (tertiary/aromatic N) is 2. The summed E-state index contributed by atoms with van der Waals surface area (Å²) in [5.41, 5.74) is 3.97. The van der Waals surface area contributed by atoms with E-state index in [2.05, 4.69) is 0 Å². The van der Waals surface area contributed by atoms with Gasteiger partial charge in [0, 0.05) is 21.1 Å². The molecule has 1 atom stereocenters. The number of hydrogen-bond acceptors (Lipinski definition) is 5. The maximum Gasteiger partial charge on any atom is 0.421 e. The van der Waals surface area contributed by atoms with Crippen molar-refractivity contribution in [3.63, 3.8) is 0 Å². The first-order chi connectivity index (χ1) is 15.3. The van der Waals surface area contributed by atoms with Gasteiger partial charge in [-0.1, -0.05) is 60.3 Å². The van der Waals surface area contributed by atoms with Crippen molar-refractivity contribution in [3.8, 4) is 0 Å². The van der Waals surface area contributed by atoms with Crippen LogP contribution >= 0.6 is 11.6 Å². The summed E-state index contributed by atoms with van der Waals surface area (Å²) in [5, 5.41) is 11.9. The molecule has 2 amide bonds. The molecule has 0 saturated heterocycles. The highest BCUT2D eigenvalue weighted by Gasteiger charge is 2.39. The molecule has 0 spiro atoms. The number of rotatable bonds is 7. The Labute approximate surface area is 191 Å². The van der Waals surface area contributed by atoms with Crippen molar-refractivity contribution in [2.24, 2.45) is 0 Å². The van der Waals surface area contributed by atoms with E-state index < -0.39 is 17.9 Å². The maximum atomic E-state index is 13.4. The molecule has 0 N–H and O–H groups in total. The minimum atomic E-state index is -0.787. The van der Waals surface area contributed by atoms with Crippen LogP contribution < -0.4 is 4.90 Å². The van der Waals surface area contributed by atoms with Gasteiger partial charge in [0.15, 0.2) is 0 Å². The number of hydrogen-bond donors (Lipinski definition) is 0. The number of fused-ring (bicyclic) bond motifs is 1. The van der Waals surface area contributed by atoms with E-state index in [4.69, 9.17) is 16.3 Å². The Hall–Kier alpha value is -3.19. The summed E-state index contributed by atoms with van der Waals surface area (Å²) in [4.78, 5) is 37.8. The van der Waals surface area contributed by atoms with E-state index in [1.54, 1.807) is 18.2 Å². The molecule has 0 aromatic heterocycles. The zero-order valence-electron chi connectivity index (χ0n) is 18.3. The van der Waals surface area contributed by atoms with Crippen molar-refractivity contribution >= 4 is 34.9 Å². The predicted octanol–water partition coefficient (Wildman–Crippen LogP) is 5.77. The summed E-state index contributed by atoms with van der Waals surface area (Å²) >= 11 is 6.21. The van der Waals surface area contributed by atoms with Crippen molar-refractivity contribution in [2.45, 2.75) is 39.0 Å². The average molecular weight is 457 g/mol. The van der Waals surface area contributed by atoms with Crippen LogP contribution in [0.15, 0.2) is 48.0 Å². The van der Waals surface area contributed by atoms with Crippen LogP contribution in [-0.2, 0) is 9.53 Å². The van der Waals surface area contributed by atoms with Gasteiger partial charge in [-0.2, -0.15) is 0 Å². The molecular formula is C24H25ClN2O5. The third kappa shape index (κ3) is 4.83. The van der Waals surface area contributed by atoms with Gasteiger partial charge in [0.05, 0.1) is 18.7 Å². The van der Waals surface area contributed by atoms with Gasteiger partial charge < -0.3 is 4.74 Å². The third-order valence-corrected chi connectivity index (χ3v) is 5.79. The quantitative estimate of drug-likeness (QED) is 0.300. The Balaban J connectivity index is 2.14. The van der Waals surface area contributed by atoms with E-state index in [1.807, 2.05) is 38.1 Å². The predicted molar refractivity (Wildman–Crippen MR) is 124 cm³/mol. The first-order valence-electron chi connectivity index (χ1n) is 10.4. The van der Waals surface area contributed by atoms with Crippen molar-refractivity contribution in [2.75, 3.05) is 18.6 Å². The molecule has 32 heavy (non-hydrogen) atoms. The number of aryl methyl sites for hydroxylation is 1. The highest BCUT2D eigenvalue weighted by Crippen LogP contribution is 2.43. The number of amides is 2. The number of methoxy groups -OCH3 is 1. The van der Waals surface area contributed by atoms with Crippen LogP contribution in [0.4, 0.5) is 10.5 Å². The van der Waals surface area contributed by atoms with Crippen LogP contribution in [0.3, 0.4) is 0 Å². The smallest absolute Gasteiger partial charge is 0.421 e. The van der Waals surface area contributed by atoms with E-state index in [-0.39, 0.29) is 11.5 Å². The zero-order chi connectivity index (χ0) is 23.4. The monoisotopic (exact) mass is 456 g/mol. The van der Waals surface area contributed by atoms with Gasteiger partial charge in [-0.3, -0.25) is 14.9 Å². The summed E-state index contributed by atoms with van der Waals surface area (Å²) in [6, 6.07) is 12.5. The van der Waals surface area contributed by atoms with Crippen LogP contribution in [-0.4, -0.2) is 30.6 Å². The Kier molecular flexibility index (Phi) is 7.30. The topological polar surface area (TPSA) is 89.8 Å². The number of ether oxygens (including phenoxy) is 1. The minimum absolute atomic E-state index is 0.263. The Morgan fingerprint density at radius 2 is 1.91 bits per heavy atom. The van der Waals surface area contributed by atoms with Gasteiger partial charge in [-0.15, -0.1) is 0 Å². The van der Waals surface area contributed by atoms with Crippen molar-refractivity contribution in [1.29, 1.82) is 0 Å². The van der Waals surface area contributed by atoms with Gasteiger partial charge in [-0.05, 0) is 43.5 Å². The van der Waals surface area contributed by atoms with Crippen LogP contribution in [0.5, 0.6) is 0 Å². The molecule has 0 saturated carbocycles. The molecule has 0 unspecified atom stereocenters. The van der Waals surface area contributed by atoms with E-state index in [0.29, 0.717) is 34.7 Å². The van der Waals surface area contributed by atoms with Crippen molar-refractivity contribution in [1.82, 2.24) is 0 Å². The second-order valence-electron chi connectivity index (χ2n) is 7.83. The van der Waals surface area contributed by atoms with E-state index in [1.165, 1.54) is 7.11 Å². The Morgan fingerprint density at radius 1 is 1.22 bits per heavy atom. The molecule has 0 bridgehead atoms. The average Bonchev–Trinajstić information content (AvgIpc) is 3.03. The normalized spacial score (nSPS) is 15.4. The molecule has 7 nitrogen and oxygen atoms in total. The summed E-state index contributed by atoms with van der Waals surface area (Å²) in [6.45, 7) is 3.67. The molecule has 0 radical (unpaired) electrons. The fourth-order valence-electron chi connectivity index (χ4n) is 4.09. The summed E-state index contributed by atoms with van der Waals surface area (Å²) in [7, 11) is 1.21. The molecule has 2 aromatic carbocycles. The molecule has 0 fully saturated rings. The largest absolute Gasteiger partial charge is 0.452 e. The SMILES string of the molecule is CCC/C(C[C@@H](C[N+](=O)[O-])c1ccc(C)cc1)=C1/C(=O)N(C(=O)OC)c2ccc(Cl)cc21. The van der Waals surface area contributed by atoms with Crippen LogP contribution in [0.25, 0.3) is 5.57 Å². The molecule has 1 aliphatic rings. The van der Waals surface area contributed by atoms with Gasteiger partial charge in [0.25, 0.3) is 5.91 Å². The third-order valence-electron chi connectivity index (χ3n) is 5.56. The van der Waals surface area contributed by atoms with E-state index in [9.17, 15) is 19.7 Å². The lowest BCUT2D eigenvalue weighted by Gasteiger charge is -2.18. The second kappa shape index (κ2) is 9.96.